The molecule has 0 unspecified atom stereocenters. The Morgan fingerprint density at radius 1 is 0.900 bits per heavy atom. The van der Waals surface area contributed by atoms with Crippen LogP contribution in [-0.4, -0.2) is 6.54 Å². The lowest BCUT2D eigenvalue weighted by Gasteiger charge is -2.08. The maximum absolute atomic E-state index is 13.8. The molecular weight excluding hydrogens is 290 g/mol. The predicted molar refractivity (Wildman–Crippen MR) is 69.6 cm³/mol. The molecule has 0 aliphatic rings. The minimum absolute atomic E-state index is 0.172. The van der Waals surface area contributed by atoms with Crippen LogP contribution < -0.4 is 5.73 Å². The largest absolute Gasteiger partial charge is 0.330 e. The molecule has 0 atom stereocenters. The molecule has 2 N–H and O–H groups in total. The average Bonchev–Trinajstić information content (AvgIpc) is 2.38. The van der Waals surface area contributed by atoms with Gasteiger partial charge in [0, 0.05) is 0 Å². The highest BCUT2D eigenvalue weighted by Crippen LogP contribution is 2.34. The molecule has 0 saturated heterocycles. The first kappa shape index (κ1) is 14.9. The normalized spacial score (nSPS) is 10.8. The van der Waals surface area contributed by atoms with Crippen LogP contribution in [0.25, 0.3) is 0 Å². The van der Waals surface area contributed by atoms with Gasteiger partial charge in [-0.3, -0.25) is 0 Å². The van der Waals surface area contributed by atoms with E-state index in [1.807, 2.05) is 0 Å². The molecule has 0 bridgehead atoms. The van der Waals surface area contributed by atoms with Crippen LogP contribution in [0, 0.1) is 23.3 Å². The van der Waals surface area contributed by atoms with E-state index in [0.29, 0.717) is 23.7 Å². The number of halogens is 4. The number of benzene rings is 2. The molecule has 106 valence electrons. The van der Waals surface area contributed by atoms with Crippen LogP contribution >= 0.6 is 11.8 Å². The van der Waals surface area contributed by atoms with Crippen LogP contribution in [0.3, 0.4) is 0 Å². The van der Waals surface area contributed by atoms with Gasteiger partial charge in [-0.2, -0.15) is 0 Å². The molecule has 0 aromatic heterocycles. The molecule has 0 fully saturated rings. The van der Waals surface area contributed by atoms with Crippen LogP contribution in [0.5, 0.6) is 0 Å². The zero-order valence-corrected chi connectivity index (χ0v) is 11.1. The molecule has 0 amide bonds. The number of nitrogens with two attached hydrogens (primary N) is 1. The molecule has 6 heteroatoms. The molecule has 0 aliphatic carbocycles. The van der Waals surface area contributed by atoms with E-state index in [0.717, 1.165) is 30.3 Å². The van der Waals surface area contributed by atoms with Gasteiger partial charge in [0.1, 0.15) is 23.3 Å². The summed E-state index contributed by atoms with van der Waals surface area (Å²) in [6, 6.07) is 5.05. The van der Waals surface area contributed by atoms with Gasteiger partial charge in [0.25, 0.3) is 0 Å². The van der Waals surface area contributed by atoms with E-state index in [-0.39, 0.29) is 16.3 Å². The molecule has 0 radical (unpaired) electrons. The summed E-state index contributed by atoms with van der Waals surface area (Å²) in [5.74, 6) is -3.04. The Morgan fingerprint density at radius 3 is 2.15 bits per heavy atom. The zero-order valence-electron chi connectivity index (χ0n) is 10.3. The van der Waals surface area contributed by atoms with Crippen molar-refractivity contribution in [2.24, 2.45) is 5.73 Å². The van der Waals surface area contributed by atoms with Gasteiger partial charge < -0.3 is 5.73 Å². The topological polar surface area (TPSA) is 26.0 Å². The van der Waals surface area contributed by atoms with Crippen molar-refractivity contribution in [1.29, 1.82) is 0 Å². The maximum atomic E-state index is 13.8. The zero-order chi connectivity index (χ0) is 14.7. The standard InChI is InChI=1S/C14H11F4NS/c15-9-1-2-10(16)13(7-9)20-14-11(17)5-8(3-4-19)6-12(14)18/h1-2,5-7H,3-4,19H2. The van der Waals surface area contributed by atoms with E-state index < -0.39 is 23.3 Å². The maximum Gasteiger partial charge on any atom is 0.140 e. The van der Waals surface area contributed by atoms with Gasteiger partial charge in [0.05, 0.1) is 9.79 Å². The average molecular weight is 301 g/mol. The van der Waals surface area contributed by atoms with Crippen LogP contribution in [0.15, 0.2) is 40.1 Å². The molecule has 0 saturated carbocycles. The van der Waals surface area contributed by atoms with Crippen molar-refractivity contribution >= 4 is 11.8 Å². The number of hydrogen-bond acceptors (Lipinski definition) is 2. The van der Waals surface area contributed by atoms with Gasteiger partial charge in [0.15, 0.2) is 0 Å². The Morgan fingerprint density at radius 2 is 1.55 bits per heavy atom. The SMILES string of the molecule is NCCc1cc(F)c(Sc2cc(F)ccc2F)c(F)c1. The lowest BCUT2D eigenvalue weighted by atomic mass is 10.1. The van der Waals surface area contributed by atoms with Gasteiger partial charge in [-0.25, -0.2) is 17.6 Å². The summed E-state index contributed by atoms with van der Waals surface area (Å²) in [6.45, 7) is 0.268. The summed E-state index contributed by atoms with van der Waals surface area (Å²) in [5, 5.41) is 0. The smallest absolute Gasteiger partial charge is 0.140 e. The molecule has 0 heterocycles. The first-order valence-corrected chi connectivity index (χ1v) is 6.64. The summed E-state index contributed by atoms with van der Waals surface area (Å²) in [4.78, 5) is -0.537. The summed E-state index contributed by atoms with van der Waals surface area (Å²) >= 11 is 0.512. The summed E-state index contributed by atoms with van der Waals surface area (Å²) < 4.78 is 54.2. The minimum Gasteiger partial charge on any atom is -0.330 e. The lowest BCUT2D eigenvalue weighted by Crippen LogP contribution is -2.04. The third kappa shape index (κ3) is 3.32. The Hall–Kier alpha value is -1.53. The second-order valence-corrected chi connectivity index (χ2v) is 5.16. The molecule has 0 spiro atoms. The van der Waals surface area contributed by atoms with Gasteiger partial charge in [0.2, 0.25) is 0 Å². The van der Waals surface area contributed by atoms with Crippen molar-refractivity contribution in [1.82, 2.24) is 0 Å². The van der Waals surface area contributed by atoms with E-state index >= 15 is 0 Å². The first-order valence-electron chi connectivity index (χ1n) is 5.82. The van der Waals surface area contributed by atoms with E-state index in [1.54, 1.807) is 0 Å². The van der Waals surface area contributed by atoms with Gasteiger partial charge in [-0.15, -0.1) is 0 Å². The molecule has 1 nitrogen and oxygen atoms in total. The van der Waals surface area contributed by atoms with Crippen molar-refractivity contribution in [3.63, 3.8) is 0 Å². The van der Waals surface area contributed by atoms with Gasteiger partial charge in [-0.05, 0) is 48.9 Å². The lowest BCUT2D eigenvalue weighted by molar-refractivity contribution is 0.536. The van der Waals surface area contributed by atoms with Crippen molar-refractivity contribution < 1.29 is 17.6 Å². The van der Waals surface area contributed by atoms with Gasteiger partial charge in [-0.1, -0.05) is 11.8 Å². The Labute approximate surface area is 117 Å². The van der Waals surface area contributed by atoms with Crippen LogP contribution in [0.4, 0.5) is 17.6 Å². The van der Waals surface area contributed by atoms with Crippen LogP contribution in [-0.2, 0) is 6.42 Å². The summed E-state index contributed by atoms with van der Waals surface area (Å²) in [6.07, 6.45) is 0.340. The quantitative estimate of drug-likeness (QED) is 0.867. The van der Waals surface area contributed by atoms with E-state index in [2.05, 4.69) is 0 Å². The molecule has 0 aliphatic heterocycles. The summed E-state index contributed by atoms with van der Waals surface area (Å²) in [7, 11) is 0. The minimum atomic E-state index is -0.817. The fraction of sp³-hybridized carbons (Fsp3) is 0.143. The third-order valence-corrected chi connectivity index (χ3v) is 3.72. The Kier molecular flexibility index (Phi) is 4.67. The molecule has 2 aromatic rings. The highest BCUT2D eigenvalue weighted by molar-refractivity contribution is 7.99. The second-order valence-electron chi connectivity index (χ2n) is 4.10. The van der Waals surface area contributed by atoms with Crippen molar-refractivity contribution in [3.05, 3.63) is 59.2 Å². The highest BCUT2D eigenvalue weighted by atomic mass is 32.2. The van der Waals surface area contributed by atoms with Crippen LogP contribution in [0.2, 0.25) is 0 Å². The Bertz CT molecular complexity index is 608. The van der Waals surface area contributed by atoms with Crippen molar-refractivity contribution in [3.8, 4) is 0 Å². The summed E-state index contributed by atoms with van der Waals surface area (Å²) in [5.41, 5.74) is 5.74. The monoisotopic (exact) mass is 301 g/mol. The third-order valence-electron chi connectivity index (χ3n) is 2.60. The Balaban J connectivity index is 2.36. The number of rotatable bonds is 4. The van der Waals surface area contributed by atoms with Crippen molar-refractivity contribution in [2.75, 3.05) is 6.54 Å². The number of hydrogen-bond donors (Lipinski definition) is 1. The fourth-order valence-electron chi connectivity index (χ4n) is 1.69. The van der Waals surface area contributed by atoms with Gasteiger partial charge >= 0.3 is 0 Å². The molecule has 2 aromatic carbocycles. The van der Waals surface area contributed by atoms with E-state index in [1.165, 1.54) is 0 Å². The highest BCUT2D eigenvalue weighted by Gasteiger charge is 2.15. The molecular formula is C14H11F4NS. The molecule has 20 heavy (non-hydrogen) atoms. The van der Waals surface area contributed by atoms with E-state index in [9.17, 15) is 17.6 Å². The van der Waals surface area contributed by atoms with E-state index in [4.69, 9.17) is 5.73 Å². The first-order chi connectivity index (χ1) is 9.51. The van der Waals surface area contributed by atoms with Crippen molar-refractivity contribution in [2.45, 2.75) is 16.2 Å². The predicted octanol–water partition coefficient (Wildman–Crippen LogP) is 3.90. The second kappa shape index (κ2) is 6.28. The molecule has 2 rings (SSSR count). The fourth-order valence-corrected chi connectivity index (χ4v) is 2.56. The van der Waals surface area contributed by atoms with Crippen LogP contribution in [0.1, 0.15) is 5.56 Å².